The van der Waals surface area contributed by atoms with Crippen molar-refractivity contribution in [1.82, 2.24) is 0 Å². The van der Waals surface area contributed by atoms with E-state index in [-0.39, 0.29) is 0 Å². The van der Waals surface area contributed by atoms with Crippen molar-refractivity contribution in [1.29, 1.82) is 0 Å². The topological polar surface area (TPSA) is 26.0 Å². The van der Waals surface area contributed by atoms with E-state index in [1.165, 1.54) is 0 Å². The Balaban J connectivity index is 2.10. The first-order chi connectivity index (χ1) is 10.1. The quantitative estimate of drug-likeness (QED) is 0.585. The third-order valence-electron chi connectivity index (χ3n) is 3.42. The molecule has 2 N–H and O–H groups in total. The number of nitrogens with two attached hydrogens (primary N) is 1. The van der Waals surface area contributed by atoms with Crippen LogP contribution in [0, 0.1) is 0 Å². The molecule has 0 bridgehead atoms. The van der Waals surface area contributed by atoms with E-state index < -0.39 is 0 Å². The largest absolute Gasteiger partial charge is 0.398 e. The van der Waals surface area contributed by atoms with Crippen molar-refractivity contribution in [3.05, 3.63) is 76.8 Å². The molecule has 3 heteroatoms. The van der Waals surface area contributed by atoms with Crippen LogP contribution >= 0.6 is 23.2 Å². The SMILES string of the molecule is Nc1c(-c2ccc(Cl)cc2)cccc1-c1ccc(Cl)cc1. The summed E-state index contributed by atoms with van der Waals surface area (Å²) in [6.45, 7) is 0. The lowest BCUT2D eigenvalue weighted by atomic mass is 9.96. The standard InChI is InChI=1S/C18H13Cl2N/c19-14-8-4-12(5-9-14)16-2-1-3-17(18(16)21)13-6-10-15(20)11-7-13/h1-11H,21H2. The minimum absolute atomic E-state index is 0.714. The summed E-state index contributed by atoms with van der Waals surface area (Å²) in [5, 5.41) is 1.43. The van der Waals surface area contributed by atoms with E-state index >= 15 is 0 Å². The number of para-hydroxylation sites is 1. The first kappa shape index (κ1) is 14.0. The lowest BCUT2D eigenvalue weighted by Crippen LogP contribution is -1.94. The van der Waals surface area contributed by atoms with Gasteiger partial charge in [0, 0.05) is 26.9 Å². The van der Waals surface area contributed by atoms with Gasteiger partial charge in [0.15, 0.2) is 0 Å². The third-order valence-corrected chi connectivity index (χ3v) is 3.92. The zero-order chi connectivity index (χ0) is 14.8. The van der Waals surface area contributed by atoms with Gasteiger partial charge in [0.25, 0.3) is 0 Å². The number of rotatable bonds is 2. The van der Waals surface area contributed by atoms with E-state index in [2.05, 4.69) is 0 Å². The normalized spacial score (nSPS) is 10.6. The van der Waals surface area contributed by atoms with Gasteiger partial charge in [-0.1, -0.05) is 65.7 Å². The molecular formula is C18H13Cl2N. The number of benzene rings is 3. The molecule has 0 aliphatic rings. The zero-order valence-electron chi connectivity index (χ0n) is 11.2. The van der Waals surface area contributed by atoms with Gasteiger partial charge in [0.05, 0.1) is 0 Å². The first-order valence-electron chi connectivity index (χ1n) is 6.55. The van der Waals surface area contributed by atoms with Gasteiger partial charge < -0.3 is 5.73 Å². The highest BCUT2D eigenvalue weighted by Crippen LogP contribution is 2.35. The van der Waals surface area contributed by atoms with Crippen LogP contribution < -0.4 is 5.73 Å². The van der Waals surface area contributed by atoms with Gasteiger partial charge in [-0.2, -0.15) is 0 Å². The molecule has 0 spiro atoms. The average molecular weight is 314 g/mol. The Labute approximate surface area is 133 Å². The fourth-order valence-electron chi connectivity index (χ4n) is 2.33. The van der Waals surface area contributed by atoms with Crippen molar-refractivity contribution < 1.29 is 0 Å². The summed E-state index contributed by atoms with van der Waals surface area (Å²) >= 11 is 11.9. The highest BCUT2D eigenvalue weighted by molar-refractivity contribution is 6.31. The second kappa shape index (κ2) is 5.80. The summed E-state index contributed by atoms with van der Waals surface area (Å²) < 4.78 is 0. The Bertz CT molecular complexity index is 698. The molecule has 0 amide bonds. The molecule has 0 heterocycles. The van der Waals surface area contributed by atoms with Crippen LogP contribution in [0.2, 0.25) is 10.0 Å². The molecule has 104 valence electrons. The van der Waals surface area contributed by atoms with Crippen LogP contribution in [0.5, 0.6) is 0 Å². The summed E-state index contributed by atoms with van der Waals surface area (Å²) in [6, 6.07) is 21.4. The monoisotopic (exact) mass is 313 g/mol. The lowest BCUT2D eigenvalue weighted by Gasteiger charge is -2.12. The number of nitrogen functional groups attached to an aromatic ring is 1. The van der Waals surface area contributed by atoms with Crippen LogP contribution in [0.3, 0.4) is 0 Å². The van der Waals surface area contributed by atoms with Crippen molar-refractivity contribution in [3.8, 4) is 22.3 Å². The van der Waals surface area contributed by atoms with Crippen LogP contribution in [0.1, 0.15) is 0 Å². The minimum Gasteiger partial charge on any atom is -0.398 e. The molecule has 0 atom stereocenters. The Morgan fingerprint density at radius 3 is 1.33 bits per heavy atom. The predicted molar refractivity (Wildman–Crippen MR) is 91.7 cm³/mol. The van der Waals surface area contributed by atoms with Crippen molar-refractivity contribution in [3.63, 3.8) is 0 Å². The number of hydrogen-bond acceptors (Lipinski definition) is 1. The second-order valence-corrected chi connectivity index (χ2v) is 5.65. The van der Waals surface area contributed by atoms with Crippen LogP contribution in [-0.2, 0) is 0 Å². The molecule has 0 unspecified atom stereocenters. The maximum atomic E-state index is 6.36. The highest BCUT2D eigenvalue weighted by atomic mass is 35.5. The van der Waals surface area contributed by atoms with E-state index in [4.69, 9.17) is 28.9 Å². The summed E-state index contributed by atoms with van der Waals surface area (Å²) in [5.41, 5.74) is 11.2. The highest BCUT2D eigenvalue weighted by Gasteiger charge is 2.08. The van der Waals surface area contributed by atoms with E-state index in [1.807, 2.05) is 66.7 Å². The molecule has 1 nitrogen and oxygen atoms in total. The Morgan fingerprint density at radius 2 is 0.952 bits per heavy atom. The van der Waals surface area contributed by atoms with E-state index in [0.29, 0.717) is 10.0 Å². The fraction of sp³-hybridized carbons (Fsp3) is 0. The maximum Gasteiger partial charge on any atom is 0.0473 e. The average Bonchev–Trinajstić information content (AvgIpc) is 2.50. The molecule has 3 aromatic carbocycles. The Kier molecular flexibility index (Phi) is 3.87. The van der Waals surface area contributed by atoms with Gasteiger partial charge in [-0.15, -0.1) is 0 Å². The van der Waals surface area contributed by atoms with Crippen molar-refractivity contribution in [2.45, 2.75) is 0 Å². The number of hydrogen-bond donors (Lipinski definition) is 1. The number of anilines is 1. The number of halogens is 2. The van der Waals surface area contributed by atoms with Gasteiger partial charge in [0.1, 0.15) is 0 Å². The molecule has 0 aromatic heterocycles. The molecular weight excluding hydrogens is 301 g/mol. The fourth-order valence-corrected chi connectivity index (χ4v) is 2.58. The molecule has 0 fully saturated rings. The van der Waals surface area contributed by atoms with Crippen LogP contribution in [-0.4, -0.2) is 0 Å². The smallest absolute Gasteiger partial charge is 0.0473 e. The second-order valence-electron chi connectivity index (χ2n) is 4.78. The van der Waals surface area contributed by atoms with Gasteiger partial charge in [-0.25, -0.2) is 0 Å². The molecule has 21 heavy (non-hydrogen) atoms. The predicted octanol–water partition coefficient (Wildman–Crippen LogP) is 5.91. The summed E-state index contributed by atoms with van der Waals surface area (Å²) in [6.07, 6.45) is 0. The van der Waals surface area contributed by atoms with E-state index in [0.717, 1.165) is 27.9 Å². The van der Waals surface area contributed by atoms with Crippen LogP contribution in [0.25, 0.3) is 22.3 Å². The lowest BCUT2D eigenvalue weighted by molar-refractivity contribution is 1.58. The van der Waals surface area contributed by atoms with Crippen molar-refractivity contribution in [2.75, 3.05) is 5.73 Å². The summed E-state index contributed by atoms with van der Waals surface area (Å²) in [5.74, 6) is 0. The Hall–Kier alpha value is -1.96. The first-order valence-corrected chi connectivity index (χ1v) is 7.31. The summed E-state index contributed by atoms with van der Waals surface area (Å²) in [7, 11) is 0. The Morgan fingerprint density at radius 1 is 0.571 bits per heavy atom. The van der Waals surface area contributed by atoms with Crippen LogP contribution in [0.15, 0.2) is 66.7 Å². The van der Waals surface area contributed by atoms with Crippen molar-refractivity contribution >= 4 is 28.9 Å². The molecule has 0 radical (unpaired) electrons. The molecule has 0 saturated carbocycles. The third kappa shape index (κ3) is 2.90. The van der Waals surface area contributed by atoms with Gasteiger partial charge in [0.2, 0.25) is 0 Å². The molecule has 0 aliphatic carbocycles. The molecule has 0 saturated heterocycles. The van der Waals surface area contributed by atoms with Crippen molar-refractivity contribution in [2.24, 2.45) is 0 Å². The van der Waals surface area contributed by atoms with Gasteiger partial charge >= 0.3 is 0 Å². The van der Waals surface area contributed by atoms with Gasteiger partial charge in [-0.05, 0) is 35.4 Å². The molecule has 0 aliphatic heterocycles. The molecule has 3 aromatic rings. The van der Waals surface area contributed by atoms with Crippen LogP contribution in [0.4, 0.5) is 5.69 Å². The van der Waals surface area contributed by atoms with E-state index in [9.17, 15) is 0 Å². The summed E-state index contributed by atoms with van der Waals surface area (Å²) in [4.78, 5) is 0. The molecule has 3 rings (SSSR count). The maximum absolute atomic E-state index is 6.36. The van der Waals surface area contributed by atoms with E-state index in [1.54, 1.807) is 0 Å². The minimum atomic E-state index is 0.714. The zero-order valence-corrected chi connectivity index (χ0v) is 12.7. The van der Waals surface area contributed by atoms with Gasteiger partial charge in [-0.3, -0.25) is 0 Å².